The highest BCUT2D eigenvalue weighted by Gasteiger charge is 2.18. The molecule has 6 heteroatoms. The van der Waals surface area contributed by atoms with E-state index in [0.29, 0.717) is 17.5 Å². The fourth-order valence-corrected chi connectivity index (χ4v) is 10.7. The molecule has 8 aromatic carbocycles. The van der Waals surface area contributed by atoms with Crippen LogP contribution in [-0.2, 0) is 0 Å². The molecule has 4 aromatic heterocycles. The van der Waals surface area contributed by atoms with Crippen LogP contribution in [0.1, 0.15) is 0 Å². The lowest BCUT2D eigenvalue weighted by atomic mass is 10.0. The van der Waals surface area contributed by atoms with Crippen molar-refractivity contribution in [1.29, 1.82) is 0 Å². The Morgan fingerprint density at radius 2 is 0.825 bits per heavy atom. The summed E-state index contributed by atoms with van der Waals surface area (Å²) in [5.41, 5.74) is 9.02. The average molecular weight is 763 g/mol. The van der Waals surface area contributed by atoms with Crippen LogP contribution in [0.5, 0.6) is 0 Å². The fourth-order valence-electron chi connectivity index (χ4n) is 8.35. The standard InChI is InChI=1S/C51H30N4S2/c1-3-12-31(13-4-1)49-52-50(32-14-5-2-6-15-32)54-51(53-49)35-22-25-38-40-28-33(23-26-45(40)56-47(38)30-35)34-24-27-46-41(29-34)39-18-11-21-44(48(39)57-46)55-42-19-9-7-16-36(42)37-17-8-10-20-43(37)55/h1-30H. The average Bonchev–Trinajstić information content (AvgIpc) is 3.95. The van der Waals surface area contributed by atoms with E-state index in [1.54, 1.807) is 0 Å². The van der Waals surface area contributed by atoms with E-state index in [4.69, 9.17) is 15.0 Å². The summed E-state index contributed by atoms with van der Waals surface area (Å²) < 4.78 is 7.50. The van der Waals surface area contributed by atoms with Crippen LogP contribution in [0.4, 0.5) is 0 Å². The van der Waals surface area contributed by atoms with E-state index in [0.717, 1.165) is 16.7 Å². The maximum absolute atomic E-state index is 4.98. The lowest BCUT2D eigenvalue weighted by Crippen LogP contribution is -1.99. The Balaban J connectivity index is 0.952. The lowest BCUT2D eigenvalue weighted by Gasteiger charge is -2.09. The van der Waals surface area contributed by atoms with E-state index in [1.165, 1.54) is 79.0 Å². The minimum atomic E-state index is 0.666. The van der Waals surface area contributed by atoms with Crippen molar-refractivity contribution < 1.29 is 0 Å². The smallest absolute Gasteiger partial charge is 0.164 e. The second-order valence-electron chi connectivity index (χ2n) is 14.4. The van der Waals surface area contributed by atoms with Crippen molar-refractivity contribution >= 4 is 84.8 Å². The molecule has 0 bridgehead atoms. The monoisotopic (exact) mass is 762 g/mol. The van der Waals surface area contributed by atoms with Gasteiger partial charge < -0.3 is 4.57 Å². The highest BCUT2D eigenvalue weighted by atomic mass is 32.1. The molecule has 0 atom stereocenters. The van der Waals surface area contributed by atoms with Crippen LogP contribution in [0.3, 0.4) is 0 Å². The van der Waals surface area contributed by atoms with Gasteiger partial charge in [0.05, 0.1) is 21.4 Å². The molecule has 0 N–H and O–H groups in total. The van der Waals surface area contributed by atoms with Gasteiger partial charge in [-0.3, -0.25) is 0 Å². The van der Waals surface area contributed by atoms with Gasteiger partial charge in [-0.2, -0.15) is 0 Å². The molecule has 4 nitrogen and oxygen atoms in total. The Labute approximate surface area is 335 Å². The molecule has 0 radical (unpaired) electrons. The molecule has 0 amide bonds. The third kappa shape index (κ3) is 5.22. The SMILES string of the molecule is c1ccc(-c2nc(-c3ccccc3)nc(-c3ccc4c(c3)sc3ccc(-c5ccc6sc7c(-n8c9ccccc9c9ccccc98)cccc7c6c5)cc34)n2)cc1. The highest BCUT2D eigenvalue weighted by molar-refractivity contribution is 7.26. The molecular formula is C51H30N4S2. The number of hydrogen-bond donors (Lipinski definition) is 0. The van der Waals surface area contributed by atoms with E-state index in [1.807, 2.05) is 83.3 Å². The second kappa shape index (κ2) is 12.8. The topological polar surface area (TPSA) is 43.6 Å². The third-order valence-electron chi connectivity index (χ3n) is 11.1. The van der Waals surface area contributed by atoms with Crippen molar-refractivity contribution in [3.05, 3.63) is 182 Å². The second-order valence-corrected chi connectivity index (χ2v) is 16.5. The first-order valence-electron chi connectivity index (χ1n) is 19.0. The molecule has 266 valence electrons. The quantitative estimate of drug-likeness (QED) is 0.175. The number of thiophene rings is 2. The molecule has 0 aliphatic carbocycles. The van der Waals surface area contributed by atoms with Crippen molar-refractivity contribution in [1.82, 2.24) is 19.5 Å². The van der Waals surface area contributed by atoms with Gasteiger partial charge in [-0.1, -0.05) is 133 Å². The molecule has 0 aliphatic rings. The first kappa shape index (κ1) is 32.3. The molecule has 57 heavy (non-hydrogen) atoms. The zero-order valence-corrected chi connectivity index (χ0v) is 32.1. The van der Waals surface area contributed by atoms with Crippen molar-refractivity contribution in [3.8, 4) is 51.0 Å². The van der Waals surface area contributed by atoms with Crippen LogP contribution in [0.25, 0.3) is 113 Å². The van der Waals surface area contributed by atoms with Gasteiger partial charge in [-0.05, 0) is 59.7 Å². The Morgan fingerprint density at radius 3 is 1.46 bits per heavy atom. The maximum Gasteiger partial charge on any atom is 0.164 e. The van der Waals surface area contributed by atoms with Crippen molar-refractivity contribution in [2.75, 3.05) is 0 Å². The Kier molecular flexibility index (Phi) is 7.24. The summed E-state index contributed by atoms with van der Waals surface area (Å²) in [5.74, 6) is 2.00. The molecule has 4 heterocycles. The highest BCUT2D eigenvalue weighted by Crippen LogP contribution is 2.43. The molecular weight excluding hydrogens is 733 g/mol. The summed E-state index contributed by atoms with van der Waals surface area (Å²) in [5, 5.41) is 7.63. The predicted octanol–water partition coefficient (Wildman–Crippen LogP) is 14.4. The van der Waals surface area contributed by atoms with Gasteiger partial charge >= 0.3 is 0 Å². The summed E-state index contributed by atoms with van der Waals surface area (Å²) in [6.45, 7) is 0. The summed E-state index contributed by atoms with van der Waals surface area (Å²) in [6.07, 6.45) is 0. The molecule has 12 rings (SSSR count). The number of hydrogen-bond acceptors (Lipinski definition) is 5. The van der Waals surface area contributed by atoms with Gasteiger partial charge in [0.15, 0.2) is 17.5 Å². The Morgan fingerprint density at radius 1 is 0.316 bits per heavy atom. The number of nitrogens with zero attached hydrogens (tertiary/aromatic N) is 4. The minimum Gasteiger partial charge on any atom is -0.308 e. The van der Waals surface area contributed by atoms with Gasteiger partial charge in [0.25, 0.3) is 0 Å². The van der Waals surface area contributed by atoms with Gasteiger partial charge in [0.1, 0.15) is 0 Å². The molecule has 0 aliphatic heterocycles. The zero-order valence-electron chi connectivity index (χ0n) is 30.4. The van der Waals surface area contributed by atoms with Crippen LogP contribution in [0.15, 0.2) is 182 Å². The number of fused-ring (bicyclic) bond motifs is 9. The number of benzene rings is 8. The minimum absolute atomic E-state index is 0.666. The number of para-hydroxylation sites is 2. The van der Waals surface area contributed by atoms with Crippen LogP contribution < -0.4 is 0 Å². The molecule has 0 spiro atoms. The van der Waals surface area contributed by atoms with E-state index in [2.05, 4.69) is 126 Å². The molecule has 0 saturated heterocycles. The normalized spacial score (nSPS) is 11.9. The van der Waals surface area contributed by atoms with E-state index >= 15 is 0 Å². The number of rotatable bonds is 5. The third-order valence-corrected chi connectivity index (χ3v) is 13.4. The summed E-state index contributed by atoms with van der Waals surface area (Å²) in [6, 6.07) is 65.0. The van der Waals surface area contributed by atoms with Gasteiger partial charge in [0.2, 0.25) is 0 Å². The van der Waals surface area contributed by atoms with Crippen molar-refractivity contribution in [2.24, 2.45) is 0 Å². The van der Waals surface area contributed by atoms with Crippen LogP contribution in [0, 0.1) is 0 Å². The fraction of sp³-hybridized carbons (Fsp3) is 0. The Bertz CT molecular complexity index is 3410. The van der Waals surface area contributed by atoms with Gasteiger partial charge in [0, 0.05) is 63.1 Å². The summed E-state index contributed by atoms with van der Waals surface area (Å²) >= 11 is 3.69. The van der Waals surface area contributed by atoms with E-state index < -0.39 is 0 Å². The lowest BCUT2D eigenvalue weighted by molar-refractivity contribution is 1.07. The summed E-state index contributed by atoms with van der Waals surface area (Å²) in [7, 11) is 0. The van der Waals surface area contributed by atoms with E-state index in [-0.39, 0.29) is 0 Å². The first-order valence-corrected chi connectivity index (χ1v) is 20.6. The largest absolute Gasteiger partial charge is 0.308 e. The first-order chi connectivity index (χ1) is 28.2. The summed E-state index contributed by atoms with van der Waals surface area (Å²) in [4.78, 5) is 14.9. The van der Waals surface area contributed by atoms with Gasteiger partial charge in [-0.15, -0.1) is 22.7 Å². The van der Waals surface area contributed by atoms with E-state index in [9.17, 15) is 0 Å². The van der Waals surface area contributed by atoms with Crippen LogP contribution >= 0.6 is 22.7 Å². The molecule has 0 saturated carbocycles. The zero-order chi connectivity index (χ0) is 37.5. The van der Waals surface area contributed by atoms with Crippen LogP contribution in [0.2, 0.25) is 0 Å². The number of aromatic nitrogens is 4. The molecule has 0 unspecified atom stereocenters. The molecule has 12 aromatic rings. The Hall–Kier alpha value is -6.99. The maximum atomic E-state index is 4.98. The van der Waals surface area contributed by atoms with Crippen LogP contribution in [-0.4, -0.2) is 19.5 Å². The van der Waals surface area contributed by atoms with Gasteiger partial charge in [-0.25, -0.2) is 15.0 Å². The predicted molar refractivity (Wildman–Crippen MR) is 242 cm³/mol. The van der Waals surface area contributed by atoms with Crippen molar-refractivity contribution in [3.63, 3.8) is 0 Å². The molecule has 0 fully saturated rings. The van der Waals surface area contributed by atoms with Crippen molar-refractivity contribution in [2.45, 2.75) is 0 Å².